The Kier molecular flexibility index (Phi) is 5.46. The van der Waals surface area contributed by atoms with Gasteiger partial charge in [0.05, 0.1) is 20.0 Å². The second-order valence-corrected chi connectivity index (χ2v) is 3.96. The third kappa shape index (κ3) is 4.93. The van der Waals surface area contributed by atoms with Crippen LogP contribution in [0.3, 0.4) is 0 Å². The summed E-state index contributed by atoms with van der Waals surface area (Å²) < 4.78 is 9.47. The van der Waals surface area contributed by atoms with Crippen LogP contribution in [0, 0.1) is 0 Å². The fourth-order valence-electron chi connectivity index (χ4n) is 1.36. The average Bonchev–Trinajstić information content (AvgIpc) is 2.39. The van der Waals surface area contributed by atoms with Crippen LogP contribution >= 0.6 is 0 Å². The lowest BCUT2D eigenvalue weighted by Crippen LogP contribution is -2.16. The van der Waals surface area contributed by atoms with Crippen LogP contribution in [0.5, 0.6) is 5.75 Å². The quantitative estimate of drug-likeness (QED) is 0.480. The molecule has 0 bridgehead atoms. The first kappa shape index (κ1) is 15.4. The Morgan fingerprint density at radius 3 is 2.25 bits per heavy atom. The van der Waals surface area contributed by atoms with Crippen LogP contribution < -0.4 is 4.74 Å². The zero-order chi connectivity index (χ0) is 15.1. The van der Waals surface area contributed by atoms with Gasteiger partial charge in [-0.3, -0.25) is 9.59 Å². The highest BCUT2D eigenvalue weighted by molar-refractivity contribution is 5.95. The van der Waals surface area contributed by atoms with Gasteiger partial charge in [-0.25, -0.2) is 4.79 Å². The highest BCUT2D eigenvalue weighted by atomic mass is 16.6. The summed E-state index contributed by atoms with van der Waals surface area (Å²) in [7, 11) is 1.53. The molecular formula is C14H14O6. The van der Waals surface area contributed by atoms with E-state index in [4.69, 9.17) is 9.84 Å². The zero-order valence-electron chi connectivity index (χ0n) is 10.9. The van der Waals surface area contributed by atoms with Crippen molar-refractivity contribution in [2.24, 2.45) is 0 Å². The summed E-state index contributed by atoms with van der Waals surface area (Å²) >= 11 is 0. The minimum Gasteiger partial charge on any atom is -0.497 e. The van der Waals surface area contributed by atoms with Crippen molar-refractivity contribution < 1.29 is 29.0 Å². The lowest BCUT2D eigenvalue weighted by Gasteiger charge is -2.04. The lowest BCUT2D eigenvalue weighted by molar-refractivity contribution is -0.159. The summed E-state index contributed by atoms with van der Waals surface area (Å²) in [5, 5.41) is 8.55. The molecule has 0 spiro atoms. The third-order valence-corrected chi connectivity index (χ3v) is 2.40. The standard InChI is InChI=1S/C14H14O6/c1-9(14(17)18)7-12(15)20-13(16)8-10-3-5-11(19-2)6-4-10/h3-6H,1,7-8H2,2H3,(H,17,18). The first-order chi connectivity index (χ1) is 9.42. The number of esters is 2. The fraction of sp³-hybridized carbons (Fsp3) is 0.214. The molecule has 0 saturated heterocycles. The molecule has 0 aliphatic carbocycles. The van der Waals surface area contributed by atoms with Crippen LogP contribution in [0.1, 0.15) is 12.0 Å². The first-order valence-corrected chi connectivity index (χ1v) is 5.70. The monoisotopic (exact) mass is 278 g/mol. The summed E-state index contributed by atoms with van der Waals surface area (Å²) in [5.41, 5.74) is 0.327. The number of methoxy groups -OCH3 is 1. The maximum absolute atomic E-state index is 11.5. The molecule has 0 aliphatic heterocycles. The van der Waals surface area contributed by atoms with Gasteiger partial charge in [-0.2, -0.15) is 0 Å². The normalized spacial score (nSPS) is 9.65. The van der Waals surface area contributed by atoms with Gasteiger partial charge < -0.3 is 14.6 Å². The SMILES string of the molecule is C=C(CC(=O)OC(=O)Cc1ccc(OC)cc1)C(=O)O. The number of carboxylic acid groups (broad SMARTS) is 1. The highest BCUT2D eigenvalue weighted by Gasteiger charge is 2.15. The average molecular weight is 278 g/mol. The van der Waals surface area contributed by atoms with E-state index in [2.05, 4.69) is 11.3 Å². The van der Waals surface area contributed by atoms with Crippen molar-refractivity contribution in [3.63, 3.8) is 0 Å². The minimum absolute atomic E-state index is 0.0880. The molecule has 6 heteroatoms. The van der Waals surface area contributed by atoms with Crippen LogP contribution in [-0.4, -0.2) is 30.1 Å². The number of rotatable bonds is 6. The van der Waals surface area contributed by atoms with Crippen molar-refractivity contribution in [3.8, 4) is 5.75 Å². The number of carbonyl (C=O) groups excluding carboxylic acids is 2. The predicted molar refractivity (Wildman–Crippen MR) is 69.2 cm³/mol. The smallest absolute Gasteiger partial charge is 0.331 e. The number of hydrogen-bond donors (Lipinski definition) is 1. The van der Waals surface area contributed by atoms with Crippen LogP contribution in [0.25, 0.3) is 0 Å². The van der Waals surface area contributed by atoms with Crippen molar-refractivity contribution in [1.82, 2.24) is 0 Å². The fourth-order valence-corrected chi connectivity index (χ4v) is 1.36. The van der Waals surface area contributed by atoms with Gasteiger partial charge in [-0.05, 0) is 17.7 Å². The van der Waals surface area contributed by atoms with Crippen LogP contribution in [0.4, 0.5) is 0 Å². The van der Waals surface area contributed by atoms with E-state index < -0.39 is 24.3 Å². The summed E-state index contributed by atoms with van der Waals surface area (Å²) in [6.45, 7) is 3.18. The molecule has 0 heterocycles. The van der Waals surface area contributed by atoms with Gasteiger partial charge >= 0.3 is 17.9 Å². The van der Waals surface area contributed by atoms with Gasteiger partial charge in [-0.1, -0.05) is 18.7 Å². The number of benzene rings is 1. The van der Waals surface area contributed by atoms with Crippen molar-refractivity contribution in [1.29, 1.82) is 0 Å². The van der Waals surface area contributed by atoms with E-state index in [1.807, 2.05) is 0 Å². The predicted octanol–water partition coefficient (Wildman–Crippen LogP) is 1.34. The second-order valence-electron chi connectivity index (χ2n) is 3.96. The van der Waals surface area contributed by atoms with Crippen LogP contribution in [-0.2, 0) is 25.5 Å². The van der Waals surface area contributed by atoms with Crippen molar-refractivity contribution in [2.45, 2.75) is 12.8 Å². The van der Waals surface area contributed by atoms with E-state index in [1.165, 1.54) is 7.11 Å². The molecule has 1 N–H and O–H groups in total. The molecule has 1 aromatic rings. The molecule has 0 aliphatic rings. The van der Waals surface area contributed by atoms with Gasteiger partial charge in [0, 0.05) is 5.57 Å². The summed E-state index contributed by atoms with van der Waals surface area (Å²) in [6.07, 6.45) is -0.612. The Bertz CT molecular complexity index is 529. The molecule has 6 nitrogen and oxygen atoms in total. The molecular weight excluding hydrogens is 264 g/mol. The van der Waals surface area contributed by atoms with Gasteiger partial charge in [0.2, 0.25) is 0 Å². The molecule has 0 amide bonds. The summed E-state index contributed by atoms with van der Waals surface area (Å²) in [6, 6.07) is 6.69. The maximum Gasteiger partial charge on any atom is 0.331 e. The zero-order valence-corrected chi connectivity index (χ0v) is 10.9. The summed E-state index contributed by atoms with van der Waals surface area (Å²) in [4.78, 5) is 33.2. The van der Waals surface area contributed by atoms with Crippen LogP contribution in [0.2, 0.25) is 0 Å². The van der Waals surface area contributed by atoms with Crippen molar-refractivity contribution in [3.05, 3.63) is 42.0 Å². The Labute approximate surface area is 115 Å². The largest absolute Gasteiger partial charge is 0.497 e. The van der Waals surface area contributed by atoms with Gasteiger partial charge in [0.25, 0.3) is 0 Å². The molecule has 0 atom stereocenters. The Morgan fingerprint density at radius 2 is 1.75 bits per heavy atom. The Balaban J connectivity index is 2.48. The molecule has 0 aromatic heterocycles. The third-order valence-electron chi connectivity index (χ3n) is 2.40. The topological polar surface area (TPSA) is 89.9 Å². The Hall–Kier alpha value is -2.63. The number of hydrogen-bond acceptors (Lipinski definition) is 5. The lowest BCUT2D eigenvalue weighted by atomic mass is 10.1. The van der Waals surface area contributed by atoms with E-state index in [9.17, 15) is 14.4 Å². The number of carboxylic acids is 1. The van der Waals surface area contributed by atoms with Crippen molar-refractivity contribution >= 4 is 17.9 Å². The van der Waals surface area contributed by atoms with Gasteiger partial charge in [0.15, 0.2) is 0 Å². The second kappa shape index (κ2) is 7.08. The van der Waals surface area contributed by atoms with Crippen LogP contribution in [0.15, 0.2) is 36.4 Å². The molecule has 1 aromatic carbocycles. The molecule has 106 valence electrons. The number of aliphatic carboxylic acids is 1. The molecule has 0 radical (unpaired) electrons. The molecule has 1 rings (SSSR count). The van der Waals surface area contributed by atoms with E-state index in [1.54, 1.807) is 24.3 Å². The van der Waals surface area contributed by atoms with E-state index in [0.29, 0.717) is 11.3 Å². The van der Waals surface area contributed by atoms with Gasteiger partial charge in [-0.15, -0.1) is 0 Å². The van der Waals surface area contributed by atoms with E-state index >= 15 is 0 Å². The first-order valence-electron chi connectivity index (χ1n) is 5.70. The molecule has 0 unspecified atom stereocenters. The number of carbonyl (C=O) groups is 3. The molecule has 0 saturated carbocycles. The van der Waals surface area contributed by atoms with E-state index in [-0.39, 0.29) is 12.0 Å². The maximum atomic E-state index is 11.5. The molecule has 20 heavy (non-hydrogen) atoms. The minimum atomic E-state index is -1.30. The van der Waals surface area contributed by atoms with E-state index in [0.717, 1.165) is 0 Å². The number of ether oxygens (including phenoxy) is 2. The summed E-state index contributed by atoms with van der Waals surface area (Å²) in [5.74, 6) is -2.34. The highest BCUT2D eigenvalue weighted by Crippen LogP contribution is 2.12. The Morgan fingerprint density at radius 1 is 1.15 bits per heavy atom. The van der Waals surface area contributed by atoms with Gasteiger partial charge in [0.1, 0.15) is 5.75 Å². The molecule has 0 fully saturated rings. The van der Waals surface area contributed by atoms with Crippen molar-refractivity contribution in [2.75, 3.05) is 7.11 Å².